The number of aliphatic imine (C=N–C) groups is 1. The lowest BCUT2D eigenvalue weighted by Gasteiger charge is -2.22. The zero-order valence-electron chi connectivity index (χ0n) is 16.7. The molecule has 0 saturated carbocycles. The van der Waals surface area contributed by atoms with E-state index in [2.05, 4.69) is 49.7 Å². The van der Waals surface area contributed by atoms with Crippen LogP contribution in [0, 0.1) is 11.8 Å². The molecule has 1 atom stereocenters. The van der Waals surface area contributed by atoms with Gasteiger partial charge in [-0.05, 0) is 64.1 Å². The van der Waals surface area contributed by atoms with Crippen LogP contribution in [-0.4, -0.2) is 61.6 Å². The zero-order valence-corrected chi connectivity index (χ0v) is 19.0. The van der Waals surface area contributed by atoms with Gasteiger partial charge in [-0.15, -0.1) is 24.0 Å². The first-order chi connectivity index (χ1) is 11.1. The number of unbranched alkanes of at least 4 members (excludes halogenated alkanes) is 1. The molecule has 1 saturated heterocycles. The van der Waals surface area contributed by atoms with Crippen molar-refractivity contribution < 1.29 is 0 Å². The molecule has 1 N–H and O–H groups in total. The molecule has 0 spiro atoms. The van der Waals surface area contributed by atoms with Crippen LogP contribution in [0.25, 0.3) is 0 Å². The molecule has 0 aromatic rings. The van der Waals surface area contributed by atoms with Crippen LogP contribution in [0.15, 0.2) is 4.99 Å². The van der Waals surface area contributed by atoms with Gasteiger partial charge < -0.3 is 15.1 Å². The molecule has 1 aliphatic heterocycles. The van der Waals surface area contributed by atoms with E-state index in [1.54, 1.807) is 0 Å². The van der Waals surface area contributed by atoms with Crippen LogP contribution in [0.2, 0.25) is 0 Å². The van der Waals surface area contributed by atoms with Crippen LogP contribution in [0.5, 0.6) is 0 Å². The molecule has 1 fully saturated rings. The Hall–Kier alpha value is -0.0400. The molecule has 4 nitrogen and oxygen atoms in total. The minimum absolute atomic E-state index is 0. The number of halogens is 1. The highest BCUT2D eigenvalue weighted by molar-refractivity contribution is 14.0. The van der Waals surface area contributed by atoms with E-state index in [4.69, 9.17) is 4.99 Å². The average Bonchev–Trinajstić information content (AvgIpc) is 2.97. The smallest absolute Gasteiger partial charge is 0.193 e. The fourth-order valence-electron chi connectivity index (χ4n) is 3.48. The molecular formula is C19H41IN4. The second-order valence-electron chi connectivity index (χ2n) is 7.20. The van der Waals surface area contributed by atoms with Gasteiger partial charge in [0.1, 0.15) is 0 Å². The second kappa shape index (κ2) is 14.2. The van der Waals surface area contributed by atoms with Crippen molar-refractivity contribution in [1.82, 2.24) is 15.1 Å². The van der Waals surface area contributed by atoms with Crippen LogP contribution in [0.3, 0.4) is 0 Å². The highest BCUT2D eigenvalue weighted by Gasteiger charge is 2.25. The third-order valence-electron chi connectivity index (χ3n) is 4.76. The minimum atomic E-state index is 0. The van der Waals surface area contributed by atoms with Gasteiger partial charge in [-0.3, -0.25) is 4.99 Å². The van der Waals surface area contributed by atoms with Crippen LogP contribution in [0.4, 0.5) is 0 Å². The standard InChI is InChI=1S/C19H40N4.HI/c1-6-20-19(21-12-9-10-13-22(7-2)8-3)23-14-11-18(16-23)15-17(4)5;/h17-18H,6-16H2,1-5H3,(H,20,21);1H. The van der Waals surface area contributed by atoms with Crippen LogP contribution < -0.4 is 5.32 Å². The van der Waals surface area contributed by atoms with Gasteiger partial charge >= 0.3 is 0 Å². The van der Waals surface area contributed by atoms with E-state index in [9.17, 15) is 0 Å². The number of rotatable bonds is 10. The third-order valence-corrected chi connectivity index (χ3v) is 4.76. The summed E-state index contributed by atoms with van der Waals surface area (Å²) in [6.45, 7) is 19.1. The molecule has 1 rings (SSSR count). The molecule has 0 aromatic carbocycles. The molecule has 24 heavy (non-hydrogen) atoms. The van der Waals surface area contributed by atoms with Crippen molar-refractivity contribution in [2.24, 2.45) is 16.8 Å². The summed E-state index contributed by atoms with van der Waals surface area (Å²) in [7, 11) is 0. The topological polar surface area (TPSA) is 30.9 Å². The maximum Gasteiger partial charge on any atom is 0.193 e. The Balaban J connectivity index is 0.00000529. The van der Waals surface area contributed by atoms with Crippen LogP contribution in [-0.2, 0) is 0 Å². The van der Waals surface area contributed by atoms with Crippen LogP contribution >= 0.6 is 24.0 Å². The fraction of sp³-hybridized carbons (Fsp3) is 0.947. The fourth-order valence-corrected chi connectivity index (χ4v) is 3.48. The van der Waals surface area contributed by atoms with E-state index in [0.717, 1.165) is 44.0 Å². The normalized spacial score (nSPS) is 18.4. The van der Waals surface area contributed by atoms with Crippen molar-refractivity contribution in [1.29, 1.82) is 0 Å². The van der Waals surface area contributed by atoms with E-state index in [0.29, 0.717) is 0 Å². The Kier molecular flexibility index (Phi) is 14.1. The van der Waals surface area contributed by atoms with Crippen molar-refractivity contribution in [3.8, 4) is 0 Å². The molecule has 0 bridgehead atoms. The van der Waals surface area contributed by atoms with Crippen LogP contribution in [0.1, 0.15) is 60.3 Å². The predicted molar refractivity (Wildman–Crippen MR) is 118 cm³/mol. The summed E-state index contributed by atoms with van der Waals surface area (Å²) in [6, 6.07) is 0. The van der Waals surface area contributed by atoms with E-state index < -0.39 is 0 Å². The highest BCUT2D eigenvalue weighted by Crippen LogP contribution is 2.23. The Morgan fingerprint density at radius 3 is 2.50 bits per heavy atom. The van der Waals surface area contributed by atoms with E-state index in [1.807, 2.05) is 0 Å². The molecule has 1 aliphatic rings. The molecule has 0 radical (unpaired) electrons. The van der Waals surface area contributed by atoms with E-state index >= 15 is 0 Å². The van der Waals surface area contributed by atoms with Gasteiger partial charge in [0.2, 0.25) is 0 Å². The monoisotopic (exact) mass is 452 g/mol. The predicted octanol–water partition coefficient (Wildman–Crippen LogP) is 4.06. The van der Waals surface area contributed by atoms with Gasteiger partial charge in [-0.1, -0.05) is 27.7 Å². The number of nitrogens with one attached hydrogen (secondary N) is 1. The largest absolute Gasteiger partial charge is 0.357 e. The van der Waals surface area contributed by atoms with Crippen molar-refractivity contribution in [3.05, 3.63) is 0 Å². The summed E-state index contributed by atoms with van der Waals surface area (Å²) >= 11 is 0. The number of nitrogens with zero attached hydrogens (tertiary/aromatic N) is 3. The quantitative estimate of drug-likeness (QED) is 0.235. The maximum atomic E-state index is 4.87. The Labute approximate surface area is 167 Å². The number of guanidine groups is 1. The first-order valence-electron chi connectivity index (χ1n) is 9.86. The summed E-state index contributed by atoms with van der Waals surface area (Å²) in [4.78, 5) is 9.84. The average molecular weight is 452 g/mol. The minimum Gasteiger partial charge on any atom is -0.357 e. The Morgan fingerprint density at radius 2 is 1.92 bits per heavy atom. The van der Waals surface area contributed by atoms with Crippen molar-refractivity contribution in [2.45, 2.75) is 60.3 Å². The second-order valence-corrected chi connectivity index (χ2v) is 7.20. The van der Waals surface area contributed by atoms with Gasteiger partial charge in [0.05, 0.1) is 0 Å². The Bertz CT molecular complexity index is 329. The summed E-state index contributed by atoms with van der Waals surface area (Å²) in [5.74, 6) is 2.79. The SMILES string of the molecule is CCNC(=NCCCCN(CC)CC)N1CCC(CC(C)C)C1.I. The maximum absolute atomic E-state index is 4.87. The van der Waals surface area contributed by atoms with Crippen molar-refractivity contribution in [2.75, 3.05) is 45.8 Å². The zero-order chi connectivity index (χ0) is 17.1. The molecule has 1 unspecified atom stereocenters. The lowest BCUT2D eigenvalue weighted by Crippen LogP contribution is -2.40. The molecular weight excluding hydrogens is 411 g/mol. The Morgan fingerprint density at radius 1 is 1.21 bits per heavy atom. The van der Waals surface area contributed by atoms with E-state index in [1.165, 1.54) is 45.3 Å². The van der Waals surface area contributed by atoms with E-state index in [-0.39, 0.29) is 24.0 Å². The molecule has 144 valence electrons. The molecule has 1 heterocycles. The summed E-state index contributed by atoms with van der Waals surface area (Å²) in [5, 5.41) is 3.49. The lowest BCUT2D eigenvalue weighted by atomic mass is 9.97. The first kappa shape index (κ1) is 24.0. The van der Waals surface area contributed by atoms with Gasteiger partial charge in [0, 0.05) is 26.2 Å². The molecule has 0 aromatic heterocycles. The van der Waals surface area contributed by atoms with Gasteiger partial charge in [-0.25, -0.2) is 0 Å². The summed E-state index contributed by atoms with van der Waals surface area (Å²) in [6.07, 6.45) is 5.11. The van der Waals surface area contributed by atoms with Gasteiger partial charge in [0.25, 0.3) is 0 Å². The molecule has 0 amide bonds. The molecule has 0 aliphatic carbocycles. The first-order valence-corrected chi connectivity index (χ1v) is 9.86. The number of hydrogen-bond acceptors (Lipinski definition) is 2. The van der Waals surface area contributed by atoms with Crippen molar-refractivity contribution in [3.63, 3.8) is 0 Å². The number of likely N-dealkylation sites (tertiary alicyclic amines) is 1. The summed E-state index contributed by atoms with van der Waals surface area (Å²) in [5.41, 5.74) is 0. The van der Waals surface area contributed by atoms with Crippen molar-refractivity contribution >= 4 is 29.9 Å². The summed E-state index contributed by atoms with van der Waals surface area (Å²) < 4.78 is 0. The lowest BCUT2D eigenvalue weighted by molar-refractivity contribution is 0.297. The van der Waals surface area contributed by atoms with Gasteiger partial charge in [0.15, 0.2) is 5.96 Å². The third kappa shape index (κ3) is 9.44. The highest BCUT2D eigenvalue weighted by atomic mass is 127. The number of hydrogen-bond donors (Lipinski definition) is 1. The van der Waals surface area contributed by atoms with Gasteiger partial charge in [-0.2, -0.15) is 0 Å². The molecule has 5 heteroatoms.